The standard InChI is InChI=1S/C13H19BClNO3S/c1-12(2)13(3,4)19-14(18-12)9-6-10(8-20(5)17)16-11(15)7-9/h6-7H,8H2,1-5H3. The van der Waals surface area contributed by atoms with Crippen molar-refractivity contribution in [2.75, 3.05) is 6.26 Å². The molecular formula is C13H19BClNO3S. The van der Waals surface area contributed by atoms with Crippen molar-refractivity contribution in [1.82, 2.24) is 4.98 Å². The van der Waals surface area contributed by atoms with Crippen LogP contribution in [0.3, 0.4) is 0 Å². The second-order valence-corrected chi connectivity index (χ2v) is 7.84. The highest BCUT2D eigenvalue weighted by Crippen LogP contribution is 2.36. The van der Waals surface area contributed by atoms with Gasteiger partial charge in [-0.25, -0.2) is 4.98 Å². The molecular weight excluding hydrogens is 296 g/mol. The quantitative estimate of drug-likeness (QED) is 0.631. The summed E-state index contributed by atoms with van der Waals surface area (Å²) in [6.45, 7) is 7.99. The van der Waals surface area contributed by atoms with Crippen LogP contribution in [0.4, 0.5) is 0 Å². The van der Waals surface area contributed by atoms with E-state index in [1.807, 2.05) is 33.8 Å². The molecule has 0 saturated carbocycles. The maximum atomic E-state index is 11.3. The summed E-state index contributed by atoms with van der Waals surface area (Å²) in [4.78, 5) is 4.18. The summed E-state index contributed by atoms with van der Waals surface area (Å²) in [6.07, 6.45) is 1.64. The average molecular weight is 316 g/mol. The average Bonchev–Trinajstić information content (AvgIpc) is 2.46. The molecule has 0 N–H and O–H groups in total. The van der Waals surface area contributed by atoms with E-state index in [1.165, 1.54) is 0 Å². The lowest BCUT2D eigenvalue weighted by molar-refractivity contribution is 0.00578. The van der Waals surface area contributed by atoms with Crippen molar-refractivity contribution in [1.29, 1.82) is 0 Å². The van der Waals surface area contributed by atoms with Crippen LogP contribution in [0, 0.1) is 0 Å². The predicted molar refractivity (Wildman–Crippen MR) is 82.7 cm³/mol. The van der Waals surface area contributed by atoms with E-state index in [0.29, 0.717) is 16.6 Å². The minimum absolute atomic E-state index is 0.359. The fraction of sp³-hybridized carbons (Fsp3) is 0.615. The molecule has 2 rings (SSSR count). The third-order valence-electron chi connectivity index (χ3n) is 3.75. The molecule has 1 aliphatic heterocycles. The van der Waals surface area contributed by atoms with Crippen molar-refractivity contribution < 1.29 is 13.5 Å². The van der Waals surface area contributed by atoms with Gasteiger partial charge in [0.25, 0.3) is 0 Å². The summed E-state index contributed by atoms with van der Waals surface area (Å²) < 4.78 is 23.3. The van der Waals surface area contributed by atoms with Crippen molar-refractivity contribution in [3.8, 4) is 0 Å². The molecule has 7 heteroatoms. The van der Waals surface area contributed by atoms with Crippen LogP contribution < -0.4 is 5.46 Å². The van der Waals surface area contributed by atoms with Gasteiger partial charge >= 0.3 is 7.12 Å². The zero-order chi connectivity index (χ0) is 15.1. The Morgan fingerprint density at radius 1 is 1.25 bits per heavy atom. The fourth-order valence-corrected chi connectivity index (χ4v) is 2.77. The molecule has 1 aromatic rings. The second-order valence-electron chi connectivity index (χ2n) is 6.02. The van der Waals surface area contributed by atoms with E-state index in [0.717, 1.165) is 5.46 Å². The van der Waals surface area contributed by atoms with Crippen molar-refractivity contribution in [2.24, 2.45) is 0 Å². The molecule has 0 aromatic carbocycles. The Labute approximate surface area is 127 Å². The van der Waals surface area contributed by atoms with Gasteiger partial charge in [-0.15, -0.1) is 0 Å². The number of halogens is 1. The SMILES string of the molecule is CS(=O)Cc1cc(B2OC(C)(C)C(C)(C)O2)cc(Cl)n1. The summed E-state index contributed by atoms with van der Waals surface area (Å²) in [5, 5.41) is 0.359. The van der Waals surface area contributed by atoms with E-state index >= 15 is 0 Å². The second kappa shape index (κ2) is 5.41. The molecule has 1 aliphatic rings. The Kier molecular flexibility index (Phi) is 4.31. The van der Waals surface area contributed by atoms with E-state index in [2.05, 4.69) is 4.98 Å². The summed E-state index contributed by atoms with van der Waals surface area (Å²) in [7, 11) is -1.45. The van der Waals surface area contributed by atoms with Crippen LogP contribution in [-0.2, 0) is 25.9 Å². The van der Waals surface area contributed by atoms with Gasteiger partial charge in [-0.05, 0) is 45.3 Å². The topological polar surface area (TPSA) is 48.4 Å². The van der Waals surface area contributed by atoms with Crippen LogP contribution >= 0.6 is 11.6 Å². The Morgan fingerprint density at radius 2 is 1.80 bits per heavy atom. The Morgan fingerprint density at radius 3 is 2.30 bits per heavy atom. The zero-order valence-electron chi connectivity index (χ0n) is 12.4. The lowest BCUT2D eigenvalue weighted by atomic mass is 9.79. The first-order chi connectivity index (χ1) is 9.10. The molecule has 4 nitrogen and oxygen atoms in total. The highest BCUT2D eigenvalue weighted by atomic mass is 35.5. The highest BCUT2D eigenvalue weighted by Gasteiger charge is 2.51. The number of pyridine rings is 1. The van der Waals surface area contributed by atoms with Gasteiger partial charge in [-0.1, -0.05) is 11.6 Å². The Bertz CT molecular complexity index is 534. The van der Waals surface area contributed by atoms with Gasteiger partial charge in [-0.2, -0.15) is 0 Å². The zero-order valence-corrected chi connectivity index (χ0v) is 14.0. The predicted octanol–water partition coefficient (Wildman–Crippen LogP) is 1.91. The largest absolute Gasteiger partial charge is 0.495 e. The van der Waals surface area contributed by atoms with Gasteiger partial charge in [0, 0.05) is 17.1 Å². The molecule has 1 saturated heterocycles. The first-order valence-corrected chi connectivity index (χ1v) is 8.53. The number of nitrogens with zero attached hydrogens (tertiary/aromatic N) is 1. The molecule has 0 radical (unpaired) electrons. The monoisotopic (exact) mass is 315 g/mol. The number of aromatic nitrogens is 1. The first-order valence-electron chi connectivity index (χ1n) is 6.43. The van der Waals surface area contributed by atoms with Gasteiger partial charge < -0.3 is 9.31 Å². The van der Waals surface area contributed by atoms with E-state index in [1.54, 1.807) is 12.3 Å². The summed E-state index contributed by atoms with van der Waals surface area (Å²) in [5.74, 6) is 0.368. The van der Waals surface area contributed by atoms with Crippen LogP contribution in [0.25, 0.3) is 0 Å². The molecule has 2 heterocycles. The van der Waals surface area contributed by atoms with Crippen LogP contribution in [0.5, 0.6) is 0 Å². The van der Waals surface area contributed by atoms with Crippen LogP contribution in [-0.4, -0.2) is 33.8 Å². The molecule has 20 heavy (non-hydrogen) atoms. The lowest BCUT2D eigenvalue weighted by Gasteiger charge is -2.32. The van der Waals surface area contributed by atoms with Gasteiger partial charge in [0.15, 0.2) is 0 Å². The Hall–Kier alpha value is -0.425. The van der Waals surface area contributed by atoms with Crippen LogP contribution in [0.15, 0.2) is 12.1 Å². The molecule has 0 spiro atoms. The summed E-state index contributed by atoms with van der Waals surface area (Å²) >= 11 is 6.03. The van der Waals surface area contributed by atoms with Gasteiger partial charge in [-0.3, -0.25) is 4.21 Å². The van der Waals surface area contributed by atoms with E-state index in [4.69, 9.17) is 20.9 Å². The third kappa shape index (κ3) is 3.24. The normalized spacial score (nSPS) is 22.0. The van der Waals surface area contributed by atoms with Gasteiger partial charge in [0.1, 0.15) is 5.15 Å². The number of hydrogen-bond donors (Lipinski definition) is 0. The van der Waals surface area contributed by atoms with Crippen molar-refractivity contribution >= 4 is 35.0 Å². The third-order valence-corrected chi connectivity index (χ3v) is 4.64. The van der Waals surface area contributed by atoms with E-state index < -0.39 is 29.1 Å². The van der Waals surface area contributed by atoms with Crippen molar-refractivity contribution in [3.63, 3.8) is 0 Å². The smallest absolute Gasteiger partial charge is 0.399 e. The summed E-state index contributed by atoms with van der Waals surface area (Å²) in [5.41, 5.74) is 0.689. The molecule has 110 valence electrons. The number of hydrogen-bond acceptors (Lipinski definition) is 4. The molecule has 0 amide bonds. The van der Waals surface area contributed by atoms with E-state index in [-0.39, 0.29) is 0 Å². The van der Waals surface area contributed by atoms with Crippen molar-refractivity contribution in [3.05, 3.63) is 23.0 Å². The van der Waals surface area contributed by atoms with Gasteiger partial charge in [0.05, 0.1) is 22.6 Å². The fourth-order valence-electron chi connectivity index (χ4n) is 1.97. The van der Waals surface area contributed by atoms with Crippen molar-refractivity contribution in [2.45, 2.75) is 44.6 Å². The van der Waals surface area contributed by atoms with E-state index in [9.17, 15) is 4.21 Å². The minimum Gasteiger partial charge on any atom is -0.399 e. The summed E-state index contributed by atoms with van der Waals surface area (Å²) in [6, 6.07) is 3.57. The molecule has 0 bridgehead atoms. The molecule has 1 aromatic heterocycles. The van der Waals surface area contributed by atoms with Crippen LogP contribution in [0.2, 0.25) is 5.15 Å². The first kappa shape index (κ1) is 16.0. The number of rotatable bonds is 3. The lowest BCUT2D eigenvalue weighted by Crippen LogP contribution is -2.41. The molecule has 1 fully saturated rings. The molecule has 1 atom stereocenters. The maximum absolute atomic E-state index is 11.3. The Balaban J connectivity index is 2.30. The molecule has 1 unspecified atom stereocenters. The minimum atomic E-state index is -0.968. The van der Waals surface area contributed by atoms with Crippen LogP contribution in [0.1, 0.15) is 33.4 Å². The van der Waals surface area contributed by atoms with Gasteiger partial charge in [0.2, 0.25) is 0 Å². The highest BCUT2D eigenvalue weighted by molar-refractivity contribution is 7.83. The maximum Gasteiger partial charge on any atom is 0.495 e. The molecule has 0 aliphatic carbocycles.